The highest BCUT2D eigenvalue weighted by Crippen LogP contribution is 2.27. The Kier molecular flexibility index (Phi) is 3.71. The van der Waals surface area contributed by atoms with Gasteiger partial charge in [-0.2, -0.15) is 0 Å². The lowest BCUT2D eigenvalue weighted by atomic mass is 10.1. The number of aromatic nitrogens is 3. The molecule has 0 saturated carbocycles. The van der Waals surface area contributed by atoms with E-state index in [1.165, 1.54) is 4.68 Å². The zero-order chi connectivity index (χ0) is 14.9. The van der Waals surface area contributed by atoms with Crippen molar-refractivity contribution < 1.29 is 15.0 Å². The van der Waals surface area contributed by atoms with Gasteiger partial charge in [-0.15, -0.1) is 5.10 Å². The van der Waals surface area contributed by atoms with Crippen LogP contribution in [-0.4, -0.2) is 37.3 Å². The quantitative estimate of drug-likeness (QED) is 0.722. The summed E-state index contributed by atoms with van der Waals surface area (Å²) >= 11 is 0. The Morgan fingerprint density at radius 3 is 2.40 bits per heavy atom. The van der Waals surface area contributed by atoms with Gasteiger partial charge in [-0.25, -0.2) is 9.48 Å². The van der Waals surface area contributed by atoms with E-state index in [4.69, 9.17) is 5.73 Å². The fraction of sp³-hybridized carbons (Fsp3) is 0.308. The SMILES string of the molecule is CC(O)C(C)n1nnc(C(=O)O)c1-c1ccc(N)cc1. The van der Waals surface area contributed by atoms with Crippen LogP contribution in [0.4, 0.5) is 5.69 Å². The highest BCUT2D eigenvalue weighted by atomic mass is 16.4. The minimum absolute atomic E-state index is 0.151. The number of carboxylic acids is 1. The summed E-state index contributed by atoms with van der Waals surface area (Å²) in [5, 5.41) is 26.4. The summed E-state index contributed by atoms with van der Waals surface area (Å²) in [5.41, 5.74) is 7.04. The van der Waals surface area contributed by atoms with Crippen LogP contribution in [0.2, 0.25) is 0 Å². The number of nitrogens with zero attached hydrogens (tertiary/aromatic N) is 3. The average Bonchev–Trinajstić information content (AvgIpc) is 2.83. The molecule has 0 spiro atoms. The average molecular weight is 276 g/mol. The van der Waals surface area contributed by atoms with E-state index in [2.05, 4.69) is 10.3 Å². The van der Waals surface area contributed by atoms with E-state index >= 15 is 0 Å². The van der Waals surface area contributed by atoms with Crippen LogP contribution >= 0.6 is 0 Å². The highest BCUT2D eigenvalue weighted by molar-refractivity contribution is 5.92. The normalized spacial score (nSPS) is 13.9. The number of nitrogens with two attached hydrogens (primary N) is 1. The summed E-state index contributed by atoms with van der Waals surface area (Å²) < 4.78 is 1.42. The summed E-state index contributed by atoms with van der Waals surface area (Å²) in [6, 6.07) is 6.34. The molecule has 2 unspecified atom stereocenters. The third-order valence-electron chi connectivity index (χ3n) is 3.17. The molecule has 1 aromatic heterocycles. The van der Waals surface area contributed by atoms with Crippen LogP contribution in [-0.2, 0) is 0 Å². The Labute approximate surface area is 115 Å². The topological polar surface area (TPSA) is 114 Å². The largest absolute Gasteiger partial charge is 0.476 e. The number of aliphatic hydroxyl groups excluding tert-OH is 1. The number of carbonyl (C=O) groups is 1. The lowest BCUT2D eigenvalue weighted by molar-refractivity contribution is 0.0691. The second-order valence-electron chi connectivity index (χ2n) is 4.64. The van der Waals surface area contributed by atoms with E-state index in [9.17, 15) is 15.0 Å². The van der Waals surface area contributed by atoms with Gasteiger partial charge in [-0.3, -0.25) is 0 Å². The molecule has 106 valence electrons. The van der Waals surface area contributed by atoms with Crippen molar-refractivity contribution in [3.63, 3.8) is 0 Å². The van der Waals surface area contributed by atoms with Crippen LogP contribution < -0.4 is 5.73 Å². The number of nitrogen functional groups attached to an aromatic ring is 1. The molecule has 1 heterocycles. The van der Waals surface area contributed by atoms with E-state index in [1.807, 2.05) is 0 Å². The maximum atomic E-state index is 11.3. The van der Waals surface area contributed by atoms with Crippen LogP contribution in [0.15, 0.2) is 24.3 Å². The smallest absolute Gasteiger partial charge is 0.358 e. The monoisotopic (exact) mass is 276 g/mol. The first-order valence-corrected chi connectivity index (χ1v) is 6.14. The Bertz CT molecular complexity index is 619. The summed E-state index contributed by atoms with van der Waals surface area (Å²) in [6.45, 7) is 3.35. The van der Waals surface area contributed by atoms with E-state index < -0.39 is 18.1 Å². The predicted molar refractivity (Wildman–Crippen MR) is 73.2 cm³/mol. The second-order valence-corrected chi connectivity index (χ2v) is 4.64. The van der Waals surface area contributed by atoms with E-state index in [-0.39, 0.29) is 5.69 Å². The van der Waals surface area contributed by atoms with Gasteiger partial charge in [0, 0.05) is 11.3 Å². The molecular weight excluding hydrogens is 260 g/mol. The molecule has 0 aliphatic rings. The number of aromatic carboxylic acids is 1. The molecule has 1 aromatic carbocycles. The van der Waals surface area contributed by atoms with Crippen LogP contribution in [0.5, 0.6) is 0 Å². The van der Waals surface area contributed by atoms with Crippen molar-refractivity contribution in [2.24, 2.45) is 0 Å². The lowest BCUT2D eigenvalue weighted by Crippen LogP contribution is -2.20. The van der Waals surface area contributed by atoms with Gasteiger partial charge in [0.1, 0.15) is 5.69 Å². The molecule has 0 bridgehead atoms. The van der Waals surface area contributed by atoms with Crippen molar-refractivity contribution in [1.29, 1.82) is 0 Å². The van der Waals surface area contributed by atoms with Gasteiger partial charge in [0.2, 0.25) is 0 Å². The first-order valence-electron chi connectivity index (χ1n) is 6.14. The number of aliphatic hydroxyl groups is 1. The number of benzene rings is 1. The number of rotatable bonds is 4. The molecule has 7 nitrogen and oxygen atoms in total. The van der Waals surface area contributed by atoms with Crippen molar-refractivity contribution >= 4 is 11.7 Å². The molecule has 2 rings (SSSR count). The zero-order valence-corrected chi connectivity index (χ0v) is 11.2. The Hall–Kier alpha value is -2.41. The minimum atomic E-state index is -1.17. The van der Waals surface area contributed by atoms with E-state index in [1.54, 1.807) is 38.1 Å². The maximum Gasteiger partial charge on any atom is 0.358 e. The lowest BCUT2D eigenvalue weighted by Gasteiger charge is -2.17. The highest BCUT2D eigenvalue weighted by Gasteiger charge is 2.24. The molecule has 0 aliphatic carbocycles. The molecular formula is C13H16N4O3. The number of hydrogen-bond acceptors (Lipinski definition) is 5. The zero-order valence-electron chi connectivity index (χ0n) is 11.2. The van der Waals surface area contributed by atoms with Gasteiger partial charge in [0.25, 0.3) is 0 Å². The minimum Gasteiger partial charge on any atom is -0.476 e. The fourth-order valence-corrected chi connectivity index (χ4v) is 1.84. The van der Waals surface area contributed by atoms with Crippen molar-refractivity contribution in [2.45, 2.75) is 26.0 Å². The third-order valence-corrected chi connectivity index (χ3v) is 3.17. The molecule has 20 heavy (non-hydrogen) atoms. The summed E-state index contributed by atoms with van der Waals surface area (Å²) in [4.78, 5) is 11.3. The van der Waals surface area contributed by atoms with Crippen molar-refractivity contribution in [1.82, 2.24) is 15.0 Å². The van der Waals surface area contributed by atoms with Crippen molar-refractivity contribution in [3.05, 3.63) is 30.0 Å². The van der Waals surface area contributed by atoms with Crippen molar-refractivity contribution in [2.75, 3.05) is 5.73 Å². The third kappa shape index (κ3) is 2.48. The summed E-state index contributed by atoms with van der Waals surface area (Å²) in [6.07, 6.45) is -0.689. The molecule has 2 atom stereocenters. The molecule has 0 amide bonds. The standard InChI is InChI=1S/C13H16N4O3/c1-7(8(2)18)17-12(11(13(19)20)15-16-17)9-3-5-10(14)6-4-9/h3-8,18H,14H2,1-2H3,(H,19,20). The first kappa shape index (κ1) is 14.0. The Morgan fingerprint density at radius 2 is 1.90 bits per heavy atom. The van der Waals surface area contributed by atoms with Gasteiger partial charge in [0.05, 0.1) is 12.1 Å². The number of carboxylic acid groups (broad SMARTS) is 1. The van der Waals surface area contributed by atoms with Crippen LogP contribution in [0.25, 0.3) is 11.3 Å². The van der Waals surface area contributed by atoms with Gasteiger partial charge in [0.15, 0.2) is 5.69 Å². The molecule has 0 aliphatic heterocycles. The van der Waals surface area contributed by atoms with Crippen LogP contribution in [0, 0.1) is 0 Å². The Morgan fingerprint density at radius 1 is 1.30 bits per heavy atom. The molecule has 0 saturated heterocycles. The second kappa shape index (κ2) is 5.30. The molecule has 7 heteroatoms. The van der Waals surface area contributed by atoms with Gasteiger partial charge in [-0.05, 0) is 26.0 Å². The van der Waals surface area contributed by atoms with Gasteiger partial charge < -0.3 is 15.9 Å². The van der Waals surface area contributed by atoms with Gasteiger partial charge >= 0.3 is 5.97 Å². The number of anilines is 1. The predicted octanol–water partition coefficient (Wildman–Crippen LogP) is 1.17. The molecule has 2 aromatic rings. The molecule has 0 fully saturated rings. The molecule has 0 radical (unpaired) electrons. The van der Waals surface area contributed by atoms with E-state index in [0.717, 1.165) is 0 Å². The molecule has 4 N–H and O–H groups in total. The fourth-order valence-electron chi connectivity index (χ4n) is 1.84. The summed E-state index contributed by atoms with van der Waals surface area (Å²) in [7, 11) is 0. The number of hydrogen-bond donors (Lipinski definition) is 3. The summed E-state index contributed by atoms with van der Waals surface area (Å²) in [5.74, 6) is -1.17. The van der Waals surface area contributed by atoms with Crippen LogP contribution in [0.1, 0.15) is 30.4 Å². The van der Waals surface area contributed by atoms with Crippen molar-refractivity contribution in [3.8, 4) is 11.3 Å². The maximum absolute atomic E-state index is 11.3. The van der Waals surface area contributed by atoms with Crippen LogP contribution in [0.3, 0.4) is 0 Å². The first-order chi connectivity index (χ1) is 9.41. The Balaban J connectivity index is 2.61. The van der Waals surface area contributed by atoms with E-state index in [0.29, 0.717) is 16.9 Å². The van der Waals surface area contributed by atoms with Gasteiger partial charge in [-0.1, -0.05) is 17.3 Å².